The Hall–Kier alpha value is -1.11. The second kappa shape index (κ2) is 5.29. The monoisotopic (exact) mass is 234 g/mol. The highest BCUT2D eigenvalue weighted by Gasteiger charge is 2.04. The van der Waals surface area contributed by atoms with E-state index >= 15 is 0 Å². The molecule has 2 aromatic rings. The fourth-order valence-corrected chi connectivity index (χ4v) is 2.86. The molecule has 0 aliphatic rings. The summed E-state index contributed by atoms with van der Waals surface area (Å²) in [6, 6.07) is 14.2. The fraction of sp³-hybridized carbons (Fsp3) is 0.231. The van der Waals surface area contributed by atoms with Crippen LogP contribution in [0.25, 0.3) is 10.8 Å². The van der Waals surface area contributed by atoms with Gasteiger partial charge in [0.25, 0.3) is 0 Å². The third-order valence-corrected chi connectivity index (χ3v) is 3.80. The molecular weight excluding hydrogens is 219 g/mol. The maximum atomic E-state index is 11.6. The quantitative estimate of drug-likeness (QED) is 0.751. The first-order valence-electron chi connectivity index (χ1n) is 5.43. The van der Waals surface area contributed by atoms with Crippen LogP contribution in [-0.2, 0) is 15.3 Å². The van der Waals surface area contributed by atoms with Crippen molar-refractivity contribution in [3.8, 4) is 0 Å². The third-order valence-electron chi connectivity index (χ3n) is 2.52. The van der Waals surface area contributed by atoms with Crippen LogP contribution in [0.4, 0.5) is 0 Å². The van der Waals surface area contributed by atoms with Crippen molar-refractivity contribution < 1.29 is 9.09 Å². The van der Waals surface area contributed by atoms with Crippen LogP contribution in [0.1, 0.15) is 12.5 Å². The zero-order valence-corrected chi connectivity index (χ0v) is 10.3. The number of fused-ring (bicyclic) bond motifs is 1. The average molecular weight is 234 g/mol. The van der Waals surface area contributed by atoms with Gasteiger partial charge in [-0.3, -0.25) is 4.57 Å². The summed E-state index contributed by atoms with van der Waals surface area (Å²) < 4.78 is 16.8. The van der Waals surface area contributed by atoms with Gasteiger partial charge in [-0.25, -0.2) is 0 Å². The van der Waals surface area contributed by atoms with E-state index in [4.69, 9.17) is 4.52 Å². The molecule has 0 aliphatic heterocycles. The van der Waals surface area contributed by atoms with Crippen LogP contribution < -0.4 is 0 Å². The molecule has 2 rings (SSSR count). The predicted octanol–water partition coefficient (Wildman–Crippen LogP) is 3.85. The van der Waals surface area contributed by atoms with Crippen molar-refractivity contribution in [1.82, 2.24) is 0 Å². The van der Waals surface area contributed by atoms with Gasteiger partial charge in [0.05, 0.1) is 6.61 Å². The Morgan fingerprint density at radius 1 is 1.12 bits per heavy atom. The molecule has 84 valence electrons. The Morgan fingerprint density at radius 3 is 2.69 bits per heavy atom. The number of hydrogen-bond donors (Lipinski definition) is 0. The van der Waals surface area contributed by atoms with Gasteiger partial charge in [0.2, 0.25) is 0 Å². The highest BCUT2D eigenvalue weighted by molar-refractivity contribution is 7.38. The van der Waals surface area contributed by atoms with Crippen molar-refractivity contribution in [2.75, 3.05) is 6.61 Å². The van der Waals surface area contributed by atoms with Gasteiger partial charge in [0.1, 0.15) is 0 Å². The number of hydrogen-bond acceptors (Lipinski definition) is 2. The van der Waals surface area contributed by atoms with E-state index in [9.17, 15) is 4.57 Å². The molecule has 0 aromatic heterocycles. The molecule has 0 radical (unpaired) electrons. The van der Waals surface area contributed by atoms with Crippen molar-refractivity contribution >= 4 is 18.8 Å². The van der Waals surface area contributed by atoms with Gasteiger partial charge in [-0.15, -0.1) is 0 Å². The normalized spacial score (nSPS) is 12.8. The molecule has 2 aromatic carbocycles. The van der Waals surface area contributed by atoms with Crippen molar-refractivity contribution in [3.05, 3.63) is 48.0 Å². The van der Waals surface area contributed by atoms with Crippen LogP contribution in [0.2, 0.25) is 0 Å². The van der Waals surface area contributed by atoms with Crippen molar-refractivity contribution in [1.29, 1.82) is 0 Å². The summed E-state index contributed by atoms with van der Waals surface area (Å²) in [6.45, 7) is 2.38. The van der Waals surface area contributed by atoms with E-state index in [1.165, 1.54) is 10.8 Å². The minimum atomic E-state index is -1.93. The first-order chi connectivity index (χ1) is 7.81. The maximum absolute atomic E-state index is 11.6. The highest BCUT2D eigenvalue weighted by atomic mass is 31.1. The lowest BCUT2D eigenvalue weighted by Gasteiger charge is -2.06. The van der Waals surface area contributed by atoms with Crippen molar-refractivity contribution in [2.24, 2.45) is 0 Å². The molecule has 0 heterocycles. The van der Waals surface area contributed by atoms with E-state index in [-0.39, 0.29) is 0 Å². The first-order valence-corrected chi connectivity index (χ1v) is 6.96. The molecule has 0 saturated heterocycles. The molecular formula is C13H15O2P. The summed E-state index contributed by atoms with van der Waals surface area (Å²) >= 11 is 0. The lowest BCUT2D eigenvalue weighted by atomic mass is 10.1. The van der Waals surface area contributed by atoms with Crippen LogP contribution >= 0.6 is 8.03 Å². The van der Waals surface area contributed by atoms with Gasteiger partial charge in [0.15, 0.2) is 8.03 Å². The minimum absolute atomic E-state index is 0.516. The standard InChI is InChI=1S/C13H15O2P/c1-2-15-16(14)10-12-8-5-7-11-6-3-4-9-13(11)12/h3-9,16H,2,10H2,1H3. The van der Waals surface area contributed by atoms with E-state index in [0.717, 1.165) is 5.56 Å². The minimum Gasteiger partial charge on any atom is -0.331 e. The van der Waals surface area contributed by atoms with Crippen LogP contribution in [0.5, 0.6) is 0 Å². The van der Waals surface area contributed by atoms with Crippen LogP contribution in [0.3, 0.4) is 0 Å². The topological polar surface area (TPSA) is 26.3 Å². The summed E-state index contributed by atoms with van der Waals surface area (Å²) in [5.41, 5.74) is 1.11. The number of benzene rings is 2. The first kappa shape index (κ1) is 11.4. The van der Waals surface area contributed by atoms with Gasteiger partial charge in [-0.2, -0.15) is 0 Å². The molecule has 16 heavy (non-hydrogen) atoms. The molecule has 0 amide bonds. The van der Waals surface area contributed by atoms with E-state index < -0.39 is 8.03 Å². The molecule has 1 unspecified atom stereocenters. The zero-order valence-electron chi connectivity index (χ0n) is 9.27. The van der Waals surface area contributed by atoms with E-state index in [1.807, 2.05) is 31.2 Å². The highest BCUT2D eigenvalue weighted by Crippen LogP contribution is 2.31. The summed E-state index contributed by atoms with van der Waals surface area (Å²) in [4.78, 5) is 0. The van der Waals surface area contributed by atoms with Crippen LogP contribution in [-0.4, -0.2) is 6.61 Å². The van der Waals surface area contributed by atoms with Crippen LogP contribution in [0, 0.1) is 0 Å². The zero-order chi connectivity index (χ0) is 11.4. The third kappa shape index (κ3) is 2.52. The van der Waals surface area contributed by atoms with Gasteiger partial charge >= 0.3 is 0 Å². The number of rotatable bonds is 4. The second-order valence-corrected chi connectivity index (χ2v) is 5.01. The largest absolute Gasteiger partial charge is 0.331 e. The van der Waals surface area contributed by atoms with E-state index in [0.29, 0.717) is 12.8 Å². The second-order valence-electron chi connectivity index (χ2n) is 3.62. The summed E-state index contributed by atoms with van der Waals surface area (Å²) in [5, 5.41) is 2.36. The average Bonchev–Trinajstić information content (AvgIpc) is 2.30. The lowest BCUT2D eigenvalue weighted by Crippen LogP contribution is -1.86. The van der Waals surface area contributed by atoms with Gasteiger partial charge in [-0.1, -0.05) is 42.5 Å². The Balaban J connectivity index is 2.33. The molecule has 0 spiro atoms. The van der Waals surface area contributed by atoms with Crippen molar-refractivity contribution in [3.63, 3.8) is 0 Å². The smallest absolute Gasteiger partial charge is 0.195 e. The molecule has 0 aliphatic carbocycles. The molecule has 0 saturated carbocycles. The van der Waals surface area contributed by atoms with E-state index in [2.05, 4.69) is 18.2 Å². The van der Waals surface area contributed by atoms with Gasteiger partial charge < -0.3 is 4.52 Å². The lowest BCUT2D eigenvalue weighted by molar-refractivity contribution is 0.350. The van der Waals surface area contributed by atoms with E-state index in [1.54, 1.807) is 0 Å². The Morgan fingerprint density at radius 2 is 1.88 bits per heavy atom. The summed E-state index contributed by atoms with van der Waals surface area (Å²) in [6.07, 6.45) is 0.528. The summed E-state index contributed by atoms with van der Waals surface area (Å²) in [5.74, 6) is 0. The maximum Gasteiger partial charge on any atom is 0.195 e. The Kier molecular flexibility index (Phi) is 3.76. The fourth-order valence-electron chi connectivity index (χ4n) is 1.81. The molecule has 3 heteroatoms. The SMILES string of the molecule is CCO[PH](=O)Cc1cccc2ccccc12. The molecule has 2 nitrogen and oxygen atoms in total. The predicted molar refractivity (Wildman–Crippen MR) is 68.3 cm³/mol. The molecule has 0 N–H and O–H groups in total. The van der Waals surface area contributed by atoms with Gasteiger partial charge in [0, 0.05) is 6.16 Å². The Bertz CT molecular complexity index is 503. The summed E-state index contributed by atoms with van der Waals surface area (Å²) in [7, 11) is -1.93. The van der Waals surface area contributed by atoms with Gasteiger partial charge in [-0.05, 0) is 23.3 Å². The molecule has 1 atom stereocenters. The Labute approximate surface area is 96.1 Å². The van der Waals surface area contributed by atoms with Crippen molar-refractivity contribution in [2.45, 2.75) is 13.1 Å². The molecule has 0 bridgehead atoms. The van der Waals surface area contributed by atoms with Crippen LogP contribution in [0.15, 0.2) is 42.5 Å². The molecule has 0 fully saturated rings.